The number of nitrogens with zero attached hydrogens (tertiary/aromatic N) is 5. The second-order valence-corrected chi connectivity index (χ2v) is 11.1. The Bertz CT molecular complexity index is 1890. The number of fused-ring (bicyclic) bond motifs is 4. The third kappa shape index (κ3) is 3.33. The van der Waals surface area contributed by atoms with Gasteiger partial charge in [0.2, 0.25) is 5.95 Å². The molecule has 2 fully saturated rings. The fourth-order valence-electron chi connectivity index (χ4n) is 5.91. The van der Waals surface area contributed by atoms with Crippen LogP contribution in [0.4, 0.5) is 19.7 Å². The minimum absolute atomic E-state index is 0.0142. The summed E-state index contributed by atoms with van der Waals surface area (Å²) in [6, 6.07) is -0.167. The molecule has 3 aromatic heterocycles. The van der Waals surface area contributed by atoms with Crippen LogP contribution >= 0.6 is 11.3 Å². The highest BCUT2D eigenvalue weighted by Gasteiger charge is 2.55. The van der Waals surface area contributed by atoms with Crippen LogP contribution < -0.4 is 16.0 Å². The Balaban J connectivity index is 1.33. The largest absolute Gasteiger partial charge is 0.389 e. The number of anilines is 2. The lowest BCUT2D eigenvalue weighted by molar-refractivity contribution is 0.135. The molecule has 2 aliphatic heterocycles. The Morgan fingerprint density at radius 3 is 2.87 bits per heavy atom. The standard InChI is InChI=1S/C27H25F2N7OS/c1-12(2)34-18-8-36(11-27(18)3-4-27)26-33-6-14-15-9-37-10-16(15)19(21(29)22(14)35-26)23-20-13(5-30)25(31)38-24(20)17(28)7-32-23/h6-7,12,18,34H,3-4,8-11,31H2,1-2H3/t18-/m1/s1/i1D3,2D3. The van der Waals surface area contributed by atoms with Gasteiger partial charge in [0.15, 0.2) is 11.6 Å². The Kier molecular flexibility index (Phi) is 3.90. The van der Waals surface area contributed by atoms with Crippen molar-refractivity contribution in [3.63, 3.8) is 0 Å². The molecule has 5 heterocycles. The second kappa shape index (κ2) is 8.27. The van der Waals surface area contributed by atoms with E-state index in [4.69, 9.17) is 18.7 Å². The van der Waals surface area contributed by atoms with E-state index in [0.29, 0.717) is 23.1 Å². The number of nitrogens with one attached hydrogen (secondary N) is 1. The van der Waals surface area contributed by atoms with E-state index in [1.54, 1.807) is 0 Å². The van der Waals surface area contributed by atoms with E-state index in [9.17, 15) is 9.65 Å². The summed E-state index contributed by atoms with van der Waals surface area (Å²) < 4.78 is 84.0. The van der Waals surface area contributed by atoms with Crippen molar-refractivity contribution in [1.29, 1.82) is 5.26 Å². The number of aromatic nitrogens is 3. The van der Waals surface area contributed by atoms with Gasteiger partial charge >= 0.3 is 0 Å². The number of nitrogen functional groups attached to an aromatic ring is 1. The zero-order chi connectivity index (χ0) is 31.3. The molecule has 1 aliphatic carbocycles. The van der Waals surface area contributed by atoms with Crippen LogP contribution in [0, 0.1) is 28.4 Å². The van der Waals surface area contributed by atoms with Crippen LogP contribution in [0.1, 0.15) is 51.5 Å². The number of nitriles is 1. The summed E-state index contributed by atoms with van der Waals surface area (Å²) in [5, 5.41) is 13.4. The normalized spacial score (nSPS) is 22.7. The number of thiophene rings is 1. The van der Waals surface area contributed by atoms with Crippen LogP contribution in [-0.4, -0.2) is 40.1 Å². The van der Waals surface area contributed by atoms with Crippen molar-refractivity contribution < 1.29 is 21.7 Å². The summed E-state index contributed by atoms with van der Waals surface area (Å²) in [7, 11) is 0. The van der Waals surface area contributed by atoms with Crippen LogP contribution in [0.3, 0.4) is 0 Å². The van der Waals surface area contributed by atoms with Crippen molar-refractivity contribution in [2.45, 2.75) is 51.8 Å². The van der Waals surface area contributed by atoms with E-state index >= 15 is 4.39 Å². The lowest BCUT2D eigenvalue weighted by Crippen LogP contribution is -2.41. The minimum atomic E-state index is -2.74. The fraction of sp³-hybridized carbons (Fsp3) is 0.407. The number of halogens is 2. The molecule has 8 nitrogen and oxygen atoms in total. The van der Waals surface area contributed by atoms with Gasteiger partial charge in [-0.2, -0.15) is 5.26 Å². The average molecular weight is 540 g/mol. The Morgan fingerprint density at radius 1 is 1.29 bits per heavy atom. The first kappa shape index (κ1) is 17.9. The lowest BCUT2D eigenvalue weighted by atomic mass is 9.94. The van der Waals surface area contributed by atoms with Gasteiger partial charge in [-0.05, 0) is 24.0 Å². The molecule has 1 atom stereocenters. The third-order valence-electron chi connectivity index (χ3n) is 7.92. The van der Waals surface area contributed by atoms with E-state index in [1.165, 1.54) is 6.20 Å². The molecule has 0 radical (unpaired) electrons. The molecular weight excluding hydrogens is 508 g/mol. The van der Waals surface area contributed by atoms with Gasteiger partial charge in [0.1, 0.15) is 16.6 Å². The van der Waals surface area contributed by atoms with Crippen molar-refractivity contribution in [2.75, 3.05) is 23.7 Å². The summed E-state index contributed by atoms with van der Waals surface area (Å²) in [5.41, 5.74) is 6.94. The number of rotatable bonds is 4. The first-order valence-corrected chi connectivity index (χ1v) is 12.9. The summed E-state index contributed by atoms with van der Waals surface area (Å²) in [4.78, 5) is 15.2. The van der Waals surface area contributed by atoms with Crippen molar-refractivity contribution in [1.82, 2.24) is 20.3 Å². The van der Waals surface area contributed by atoms with E-state index < -0.39 is 37.4 Å². The number of ether oxygens (including phenoxy) is 1. The van der Waals surface area contributed by atoms with Gasteiger partial charge in [-0.3, -0.25) is 4.98 Å². The number of nitrogens with two attached hydrogens (primary N) is 1. The zero-order valence-corrected chi connectivity index (χ0v) is 20.8. The fourth-order valence-corrected chi connectivity index (χ4v) is 6.83. The first-order chi connectivity index (χ1) is 20.7. The second-order valence-electron chi connectivity index (χ2n) is 10.1. The molecule has 0 bridgehead atoms. The van der Waals surface area contributed by atoms with Crippen LogP contribution in [-0.2, 0) is 18.0 Å². The monoisotopic (exact) mass is 539 g/mol. The Labute approximate surface area is 229 Å². The molecule has 1 spiro atoms. The number of hydrogen-bond acceptors (Lipinski definition) is 9. The summed E-state index contributed by atoms with van der Waals surface area (Å²) >= 11 is 0.892. The molecule has 38 heavy (non-hydrogen) atoms. The van der Waals surface area contributed by atoms with Gasteiger partial charge in [-0.1, -0.05) is 13.7 Å². The molecule has 0 amide bonds. The van der Waals surface area contributed by atoms with Gasteiger partial charge in [0.25, 0.3) is 0 Å². The molecule has 1 saturated carbocycles. The maximum atomic E-state index is 16.7. The quantitative estimate of drug-likeness (QED) is 0.386. The molecule has 0 unspecified atom stereocenters. The van der Waals surface area contributed by atoms with Crippen LogP contribution in [0.2, 0.25) is 0 Å². The SMILES string of the molecule is [2H]C([2H])([2H])C(N[C@@H]1CN(c2ncc3c4c(c(-c5ncc(F)c6sc(N)c(C#N)c56)c(F)c3n2)COC4)CC12CC2)C([2H])([2H])[2H]. The summed E-state index contributed by atoms with van der Waals surface area (Å²) in [6.45, 7) is -4.59. The van der Waals surface area contributed by atoms with Crippen LogP contribution in [0.25, 0.3) is 32.2 Å². The summed E-state index contributed by atoms with van der Waals surface area (Å²) in [5.74, 6) is -1.21. The molecule has 1 saturated heterocycles. The zero-order valence-electron chi connectivity index (χ0n) is 25.9. The molecule has 3 N–H and O–H groups in total. The lowest BCUT2D eigenvalue weighted by Gasteiger charge is -2.21. The maximum absolute atomic E-state index is 16.7. The molecule has 194 valence electrons. The first-order valence-electron chi connectivity index (χ1n) is 15.1. The molecular formula is C27H25F2N7OS. The maximum Gasteiger partial charge on any atom is 0.226 e. The van der Waals surface area contributed by atoms with E-state index in [2.05, 4.69) is 20.3 Å². The molecule has 1 aromatic carbocycles. The van der Waals surface area contributed by atoms with E-state index in [1.807, 2.05) is 11.0 Å². The smallest absolute Gasteiger partial charge is 0.226 e. The molecule has 11 heteroatoms. The highest BCUT2D eigenvalue weighted by Crippen LogP contribution is 2.53. The van der Waals surface area contributed by atoms with E-state index in [0.717, 1.165) is 30.4 Å². The number of benzene rings is 1. The third-order valence-corrected chi connectivity index (χ3v) is 8.95. The van der Waals surface area contributed by atoms with Crippen molar-refractivity contribution in [3.8, 4) is 17.3 Å². The van der Waals surface area contributed by atoms with Gasteiger partial charge in [-0.15, -0.1) is 11.3 Å². The molecule has 3 aliphatic rings. The van der Waals surface area contributed by atoms with Crippen LogP contribution in [0.15, 0.2) is 12.4 Å². The van der Waals surface area contributed by atoms with Crippen molar-refractivity contribution >= 4 is 43.3 Å². The van der Waals surface area contributed by atoms with E-state index in [-0.39, 0.29) is 68.5 Å². The van der Waals surface area contributed by atoms with Gasteiger partial charge < -0.3 is 20.7 Å². The average Bonchev–Trinajstić information content (AvgIpc) is 3.26. The Hall–Kier alpha value is -3.46. The van der Waals surface area contributed by atoms with Gasteiger partial charge in [0, 0.05) is 61.3 Å². The highest BCUT2D eigenvalue weighted by atomic mass is 32.1. The molecule has 7 rings (SSSR count). The molecule has 4 aromatic rings. The van der Waals surface area contributed by atoms with Crippen molar-refractivity contribution in [2.24, 2.45) is 5.41 Å². The predicted molar refractivity (Wildman–Crippen MR) is 142 cm³/mol. The predicted octanol–water partition coefficient (Wildman–Crippen LogP) is 4.64. The number of pyridine rings is 1. The minimum Gasteiger partial charge on any atom is -0.389 e. The van der Waals surface area contributed by atoms with Crippen molar-refractivity contribution in [3.05, 3.63) is 40.7 Å². The van der Waals surface area contributed by atoms with Gasteiger partial charge in [-0.25, -0.2) is 18.7 Å². The van der Waals surface area contributed by atoms with Crippen LogP contribution in [0.5, 0.6) is 0 Å². The highest BCUT2D eigenvalue weighted by molar-refractivity contribution is 7.23. The topological polar surface area (TPSA) is 113 Å². The number of hydrogen-bond donors (Lipinski definition) is 2. The Morgan fingerprint density at radius 2 is 2.11 bits per heavy atom. The van der Waals surface area contributed by atoms with Gasteiger partial charge in [0.05, 0.1) is 35.4 Å². The summed E-state index contributed by atoms with van der Waals surface area (Å²) in [6.07, 6.45) is 4.03.